The van der Waals surface area contributed by atoms with E-state index in [1.54, 1.807) is 13.8 Å². The molecule has 0 aliphatic heterocycles. The maximum atomic E-state index is 10.9. The minimum atomic E-state index is -4.50. The van der Waals surface area contributed by atoms with Crippen LogP contribution in [0.3, 0.4) is 0 Å². The van der Waals surface area contributed by atoms with Crippen LogP contribution in [-0.2, 0) is 25.0 Å². The van der Waals surface area contributed by atoms with Gasteiger partial charge in [0.25, 0.3) is 20.2 Å². The van der Waals surface area contributed by atoms with E-state index in [1.807, 2.05) is 0 Å². The van der Waals surface area contributed by atoms with Gasteiger partial charge in [-0.3, -0.25) is 9.11 Å². The molecule has 2 unspecified atom stereocenters. The van der Waals surface area contributed by atoms with Crippen LogP contribution in [0.25, 0.3) is 0 Å². The maximum absolute atomic E-state index is 10.9. The van der Waals surface area contributed by atoms with Crippen molar-refractivity contribution in [3.05, 3.63) is 0 Å². The Morgan fingerprint density at radius 2 is 1.22 bits per heavy atom. The van der Waals surface area contributed by atoms with E-state index >= 15 is 0 Å². The normalized spacial score (nSPS) is 15.8. The zero-order valence-corrected chi connectivity index (χ0v) is 14.4. The van der Waals surface area contributed by atoms with Crippen molar-refractivity contribution in [3.63, 3.8) is 0 Å². The fraction of sp³-hybridized carbons (Fsp3) is 1.00. The molecule has 18 heavy (non-hydrogen) atoms. The van der Waals surface area contributed by atoms with Crippen LogP contribution in [0.15, 0.2) is 0 Å². The molecule has 0 spiro atoms. The Morgan fingerprint density at radius 1 is 0.944 bits per heavy atom. The Labute approximate surface area is 132 Å². The van der Waals surface area contributed by atoms with E-state index < -0.39 is 31.1 Å². The van der Waals surface area contributed by atoms with Crippen molar-refractivity contribution in [2.24, 2.45) is 0 Å². The van der Waals surface area contributed by atoms with Gasteiger partial charge in [0.1, 0.15) is 0 Å². The Morgan fingerprint density at radius 3 is 1.39 bits per heavy atom. The summed E-state index contributed by atoms with van der Waals surface area (Å²) in [4.78, 5) is 0. The van der Waals surface area contributed by atoms with Gasteiger partial charge in [-0.05, 0) is 12.8 Å². The van der Waals surface area contributed by atoms with Crippen molar-refractivity contribution in [2.75, 3.05) is 0 Å². The van der Waals surface area contributed by atoms with Crippen molar-refractivity contribution in [2.45, 2.75) is 50.4 Å². The third-order valence-corrected chi connectivity index (χ3v) is 4.04. The van der Waals surface area contributed by atoms with Crippen LogP contribution >= 0.6 is 0 Å². The van der Waals surface area contributed by atoms with Gasteiger partial charge in [-0.25, -0.2) is 0 Å². The van der Waals surface area contributed by atoms with E-state index in [0.29, 0.717) is 12.8 Å². The summed E-state index contributed by atoms with van der Waals surface area (Å²) in [5.41, 5.74) is -3.27. The van der Waals surface area contributed by atoms with Gasteiger partial charge < -0.3 is 6.16 Å². The molecule has 0 amide bonds. The van der Waals surface area contributed by atoms with E-state index in [1.165, 1.54) is 0 Å². The smallest absolute Gasteiger partial charge is 1.00 e. The zero-order chi connectivity index (χ0) is 13.7. The minimum absolute atomic E-state index is 0. The van der Waals surface area contributed by atoms with Gasteiger partial charge in [0.2, 0.25) is 0 Å². The predicted molar refractivity (Wildman–Crippen MR) is 62.7 cm³/mol. The topological polar surface area (TPSA) is 118 Å². The number of hydrogen-bond donors (Lipinski definition) is 2. The van der Waals surface area contributed by atoms with Crippen molar-refractivity contribution in [1.82, 2.24) is 0 Å². The quantitative estimate of drug-likeness (QED) is 0.399. The van der Waals surface area contributed by atoms with Crippen LogP contribution in [0, 0.1) is 0 Å². The molecular formula is C8H19NaO7S2. The molecule has 0 heterocycles. The van der Waals surface area contributed by atoms with Crippen LogP contribution in [0.4, 0.5) is 0 Å². The molecule has 0 saturated carbocycles. The molecular weight excluding hydrogens is 295 g/mol. The van der Waals surface area contributed by atoms with Gasteiger partial charge in [-0.15, -0.1) is 0 Å². The zero-order valence-electron chi connectivity index (χ0n) is 11.7. The Hall–Kier alpha value is 0.780. The van der Waals surface area contributed by atoms with E-state index in [9.17, 15) is 16.8 Å². The predicted octanol–water partition coefficient (Wildman–Crippen LogP) is -1.85. The molecule has 0 fully saturated rings. The molecule has 0 aliphatic rings. The minimum Gasteiger partial charge on any atom is -1.00 e. The first-order chi connectivity index (χ1) is 7.62. The summed E-state index contributed by atoms with van der Waals surface area (Å²) in [6.07, 6.45) is 0.673. The monoisotopic (exact) mass is 314 g/mol. The third-order valence-electron chi connectivity index (χ3n) is 2.02. The Kier molecular flexibility index (Phi) is 10.4. The molecule has 0 radical (unpaired) electrons. The van der Waals surface area contributed by atoms with E-state index in [4.69, 9.17) is 13.8 Å². The second-order valence-electron chi connectivity index (χ2n) is 3.60. The van der Waals surface area contributed by atoms with E-state index in [2.05, 4.69) is 0 Å². The standard InChI is InChI=1S/C8H18O7S2.Na.H/c1-3-5-7(16(9,10)11)15-8(6-4-2)17(12,13)14;;/h7-8H,3-6H2,1-2H3,(H,9,10,11)(H,12,13,14);;/q;+1;-1. The second-order valence-corrected chi connectivity index (χ2v) is 6.71. The maximum Gasteiger partial charge on any atom is 1.00 e. The molecule has 0 aromatic carbocycles. The summed E-state index contributed by atoms with van der Waals surface area (Å²) >= 11 is 0. The van der Waals surface area contributed by atoms with Crippen LogP contribution in [0.1, 0.15) is 41.0 Å². The molecule has 0 aromatic rings. The molecule has 7 nitrogen and oxygen atoms in total. The molecule has 0 aromatic heterocycles. The summed E-state index contributed by atoms with van der Waals surface area (Å²) in [6, 6.07) is 0. The van der Waals surface area contributed by atoms with Gasteiger partial charge in [0.15, 0.2) is 10.9 Å². The summed E-state index contributed by atoms with van der Waals surface area (Å²) < 4.78 is 66.3. The molecule has 0 bridgehead atoms. The van der Waals surface area contributed by atoms with Gasteiger partial charge in [-0.2, -0.15) is 16.8 Å². The number of hydrogen-bond acceptors (Lipinski definition) is 5. The summed E-state index contributed by atoms with van der Waals surface area (Å²) in [7, 11) is -9.00. The molecule has 106 valence electrons. The number of rotatable bonds is 8. The van der Waals surface area contributed by atoms with Crippen LogP contribution in [0.2, 0.25) is 0 Å². The fourth-order valence-corrected chi connectivity index (χ4v) is 2.90. The largest absolute Gasteiger partial charge is 1.00 e. The first-order valence-corrected chi connectivity index (χ1v) is 8.21. The first-order valence-electron chi connectivity index (χ1n) is 5.21. The molecule has 0 saturated heterocycles. The Balaban J connectivity index is -0.00000128. The molecule has 10 heteroatoms. The van der Waals surface area contributed by atoms with Gasteiger partial charge in [0.05, 0.1) is 0 Å². The fourth-order valence-electron chi connectivity index (χ4n) is 1.22. The third kappa shape index (κ3) is 8.05. The van der Waals surface area contributed by atoms with Crippen LogP contribution in [0.5, 0.6) is 0 Å². The summed E-state index contributed by atoms with van der Waals surface area (Å²) in [6.45, 7) is 3.31. The molecule has 0 rings (SSSR count). The van der Waals surface area contributed by atoms with Gasteiger partial charge in [-0.1, -0.05) is 26.7 Å². The summed E-state index contributed by atoms with van der Waals surface area (Å²) in [5.74, 6) is 0. The van der Waals surface area contributed by atoms with Crippen LogP contribution in [-0.4, -0.2) is 36.8 Å². The second kappa shape index (κ2) is 8.85. The van der Waals surface area contributed by atoms with Crippen molar-refractivity contribution in [1.29, 1.82) is 0 Å². The van der Waals surface area contributed by atoms with Crippen molar-refractivity contribution >= 4 is 20.2 Å². The molecule has 2 N–H and O–H groups in total. The average Bonchev–Trinajstić information content (AvgIpc) is 2.12. The van der Waals surface area contributed by atoms with Gasteiger partial charge >= 0.3 is 29.6 Å². The number of ether oxygens (including phenoxy) is 1. The van der Waals surface area contributed by atoms with E-state index in [0.717, 1.165) is 0 Å². The average molecular weight is 314 g/mol. The van der Waals surface area contributed by atoms with Crippen molar-refractivity contribution < 1.29 is 61.7 Å². The van der Waals surface area contributed by atoms with Crippen molar-refractivity contribution in [3.8, 4) is 0 Å². The van der Waals surface area contributed by atoms with Gasteiger partial charge in [0, 0.05) is 0 Å². The SMILES string of the molecule is CCCC(OC(CCC)S(=O)(=O)O)S(=O)(=O)O.[H-].[Na+]. The first kappa shape index (κ1) is 21.1. The van der Waals surface area contributed by atoms with E-state index in [-0.39, 0.29) is 43.8 Å². The Bertz CT molecular complexity index is 382. The van der Waals surface area contributed by atoms with Crippen LogP contribution < -0.4 is 29.6 Å². The molecule has 0 aliphatic carbocycles. The molecule has 2 atom stereocenters. The summed E-state index contributed by atoms with van der Waals surface area (Å²) in [5, 5.41) is 0.